The van der Waals surface area contributed by atoms with Crippen LogP contribution in [0.15, 0.2) is 22.7 Å². The minimum Gasteiger partial charge on any atom is -0.348 e. The van der Waals surface area contributed by atoms with Gasteiger partial charge in [-0.25, -0.2) is 4.39 Å². The molecule has 1 aromatic rings. The van der Waals surface area contributed by atoms with Gasteiger partial charge in [-0.1, -0.05) is 0 Å². The van der Waals surface area contributed by atoms with Gasteiger partial charge >= 0.3 is 0 Å². The van der Waals surface area contributed by atoms with Crippen LogP contribution in [0.25, 0.3) is 0 Å². The van der Waals surface area contributed by atoms with Crippen LogP contribution in [0.1, 0.15) is 17.3 Å². The molecule has 0 aromatic heterocycles. The van der Waals surface area contributed by atoms with E-state index in [0.717, 1.165) is 0 Å². The number of nitrogens with two attached hydrogens (primary N) is 1. The summed E-state index contributed by atoms with van der Waals surface area (Å²) in [5.41, 5.74) is 5.64. The van der Waals surface area contributed by atoms with E-state index in [1.807, 2.05) is 0 Å². The van der Waals surface area contributed by atoms with Crippen LogP contribution in [0.2, 0.25) is 0 Å². The van der Waals surface area contributed by atoms with Crippen molar-refractivity contribution in [2.75, 3.05) is 6.54 Å². The first-order chi connectivity index (χ1) is 7.04. The molecule has 90 valence electrons. The smallest absolute Gasteiger partial charge is 0.251 e. The SMILES string of the molecule is C[C@@H](CN)NC(=O)c1ccc(Br)c(F)c1.Cl. The van der Waals surface area contributed by atoms with Gasteiger partial charge in [-0.2, -0.15) is 0 Å². The van der Waals surface area contributed by atoms with Crippen molar-refractivity contribution >= 4 is 34.2 Å². The first kappa shape index (κ1) is 15.3. The maximum Gasteiger partial charge on any atom is 0.251 e. The first-order valence-electron chi connectivity index (χ1n) is 4.50. The normalized spacial score (nSPS) is 11.5. The molecule has 0 aliphatic carbocycles. The zero-order valence-electron chi connectivity index (χ0n) is 8.67. The largest absolute Gasteiger partial charge is 0.348 e. The van der Waals surface area contributed by atoms with Crippen LogP contribution in [-0.4, -0.2) is 18.5 Å². The predicted octanol–water partition coefficient (Wildman–Crippen LogP) is 2.09. The van der Waals surface area contributed by atoms with E-state index in [9.17, 15) is 9.18 Å². The summed E-state index contributed by atoms with van der Waals surface area (Å²) in [5, 5.41) is 2.65. The molecule has 16 heavy (non-hydrogen) atoms. The van der Waals surface area contributed by atoms with Gasteiger partial charge in [0.05, 0.1) is 4.47 Å². The van der Waals surface area contributed by atoms with Gasteiger partial charge in [0.1, 0.15) is 5.82 Å². The Labute approximate surface area is 108 Å². The quantitative estimate of drug-likeness (QED) is 0.898. The van der Waals surface area contributed by atoms with Crippen molar-refractivity contribution in [3.05, 3.63) is 34.1 Å². The van der Waals surface area contributed by atoms with Crippen molar-refractivity contribution in [1.82, 2.24) is 5.32 Å². The summed E-state index contributed by atoms with van der Waals surface area (Å²) in [5.74, 6) is -0.776. The van der Waals surface area contributed by atoms with E-state index in [2.05, 4.69) is 21.2 Å². The fourth-order valence-electron chi connectivity index (χ4n) is 1.00. The standard InChI is InChI=1S/C10H12BrFN2O.ClH/c1-6(5-13)14-10(15)7-2-3-8(11)9(12)4-7;/h2-4,6H,5,13H2,1H3,(H,14,15);1H/t6-;/m0./s1. The van der Waals surface area contributed by atoms with Gasteiger partial charge < -0.3 is 11.1 Å². The average Bonchev–Trinajstić information content (AvgIpc) is 2.21. The molecule has 0 spiro atoms. The number of carbonyl (C=O) groups is 1. The van der Waals surface area contributed by atoms with E-state index in [1.165, 1.54) is 12.1 Å². The Morgan fingerprint density at radius 1 is 1.62 bits per heavy atom. The van der Waals surface area contributed by atoms with Crippen LogP contribution in [0.4, 0.5) is 4.39 Å². The monoisotopic (exact) mass is 310 g/mol. The number of amides is 1. The minimum atomic E-state index is -0.456. The summed E-state index contributed by atoms with van der Waals surface area (Å²) < 4.78 is 13.4. The number of hydrogen-bond donors (Lipinski definition) is 2. The van der Waals surface area contributed by atoms with Crippen molar-refractivity contribution in [2.24, 2.45) is 5.73 Å². The van der Waals surface area contributed by atoms with Crippen LogP contribution in [0.5, 0.6) is 0 Å². The van der Waals surface area contributed by atoms with Crippen molar-refractivity contribution < 1.29 is 9.18 Å². The molecule has 0 heterocycles. The van der Waals surface area contributed by atoms with Crippen LogP contribution in [0.3, 0.4) is 0 Å². The molecular formula is C10H13BrClFN2O. The molecule has 0 aliphatic heterocycles. The van der Waals surface area contributed by atoms with E-state index < -0.39 is 5.82 Å². The van der Waals surface area contributed by atoms with Gasteiger partial charge in [0.25, 0.3) is 5.91 Å². The molecule has 3 N–H and O–H groups in total. The number of rotatable bonds is 3. The summed E-state index contributed by atoms with van der Waals surface area (Å²) >= 11 is 3.02. The molecular weight excluding hydrogens is 298 g/mol. The van der Waals surface area contributed by atoms with Gasteiger partial charge in [0.15, 0.2) is 0 Å². The highest BCUT2D eigenvalue weighted by atomic mass is 79.9. The number of benzene rings is 1. The molecule has 0 unspecified atom stereocenters. The molecule has 0 saturated carbocycles. The molecule has 1 amide bonds. The molecule has 0 fully saturated rings. The lowest BCUT2D eigenvalue weighted by molar-refractivity contribution is 0.0941. The van der Waals surface area contributed by atoms with Gasteiger partial charge in [0.2, 0.25) is 0 Å². The molecule has 0 aliphatic rings. The number of hydrogen-bond acceptors (Lipinski definition) is 2. The molecule has 0 radical (unpaired) electrons. The van der Waals surface area contributed by atoms with Crippen LogP contribution >= 0.6 is 28.3 Å². The Morgan fingerprint density at radius 2 is 2.25 bits per heavy atom. The van der Waals surface area contributed by atoms with Crippen LogP contribution < -0.4 is 11.1 Å². The highest BCUT2D eigenvalue weighted by Gasteiger charge is 2.10. The zero-order valence-corrected chi connectivity index (χ0v) is 11.1. The fraction of sp³-hybridized carbons (Fsp3) is 0.300. The van der Waals surface area contributed by atoms with Crippen LogP contribution in [0, 0.1) is 5.82 Å². The molecule has 6 heteroatoms. The third-order valence-corrected chi connectivity index (χ3v) is 2.56. The fourth-order valence-corrected chi connectivity index (χ4v) is 1.25. The van der Waals surface area contributed by atoms with Gasteiger partial charge in [-0.15, -0.1) is 12.4 Å². The van der Waals surface area contributed by atoms with Gasteiger partial charge in [0, 0.05) is 18.2 Å². The van der Waals surface area contributed by atoms with E-state index in [1.54, 1.807) is 13.0 Å². The Morgan fingerprint density at radius 3 is 2.75 bits per heavy atom. The lowest BCUT2D eigenvalue weighted by atomic mass is 10.2. The molecule has 0 bridgehead atoms. The Hall–Kier alpha value is -0.650. The highest BCUT2D eigenvalue weighted by Crippen LogP contribution is 2.16. The van der Waals surface area contributed by atoms with Crippen molar-refractivity contribution in [3.8, 4) is 0 Å². The van der Waals surface area contributed by atoms with E-state index in [4.69, 9.17) is 5.73 Å². The maximum atomic E-state index is 13.1. The lowest BCUT2D eigenvalue weighted by Crippen LogP contribution is -2.37. The first-order valence-corrected chi connectivity index (χ1v) is 5.30. The average molecular weight is 312 g/mol. The summed E-state index contributed by atoms with van der Waals surface area (Å²) in [6, 6.07) is 4.11. The second-order valence-electron chi connectivity index (χ2n) is 3.24. The van der Waals surface area contributed by atoms with Crippen LogP contribution in [-0.2, 0) is 0 Å². The molecule has 3 nitrogen and oxygen atoms in total. The van der Waals surface area contributed by atoms with E-state index in [0.29, 0.717) is 11.0 Å². The van der Waals surface area contributed by atoms with Crippen molar-refractivity contribution in [1.29, 1.82) is 0 Å². The Balaban J connectivity index is 0.00000225. The summed E-state index contributed by atoms with van der Waals surface area (Å²) in [7, 11) is 0. The molecule has 1 rings (SSSR count). The molecule has 1 atom stereocenters. The summed E-state index contributed by atoms with van der Waals surface area (Å²) in [6.45, 7) is 2.14. The van der Waals surface area contributed by atoms with Gasteiger partial charge in [-0.05, 0) is 41.1 Å². The predicted molar refractivity (Wildman–Crippen MR) is 67.3 cm³/mol. The number of halogens is 3. The number of nitrogens with one attached hydrogen (secondary N) is 1. The third kappa shape index (κ3) is 4.08. The minimum absolute atomic E-state index is 0. The Bertz CT molecular complexity index is 376. The summed E-state index contributed by atoms with van der Waals surface area (Å²) in [4.78, 5) is 11.5. The van der Waals surface area contributed by atoms with Crippen molar-refractivity contribution in [2.45, 2.75) is 13.0 Å². The second-order valence-corrected chi connectivity index (χ2v) is 4.09. The van der Waals surface area contributed by atoms with Gasteiger partial charge in [-0.3, -0.25) is 4.79 Å². The Kier molecular flexibility index (Phi) is 6.55. The van der Waals surface area contributed by atoms with E-state index >= 15 is 0 Å². The zero-order chi connectivity index (χ0) is 11.4. The molecule has 0 saturated heterocycles. The van der Waals surface area contributed by atoms with E-state index in [-0.39, 0.29) is 29.9 Å². The highest BCUT2D eigenvalue weighted by molar-refractivity contribution is 9.10. The second kappa shape index (κ2) is 6.83. The maximum absolute atomic E-state index is 13.1. The van der Waals surface area contributed by atoms with Crippen molar-refractivity contribution in [3.63, 3.8) is 0 Å². The third-order valence-electron chi connectivity index (χ3n) is 1.91. The lowest BCUT2D eigenvalue weighted by Gasteiger charge is -2.11. The summed E-state index contributed by atoms with van der Waals surface area (Å²) in [6.07, 6.45) is 0. The molecule has 1 aromatic carbocycles. The number of carbonyl (C=O) groups excluding carboxylic acids is 1. The topological polar surface area (TPSA) is 55.1 Å².